The molecule has 2 aromatic carbocycles. The number of halogens is 1. The quantitative estimate of drug-likeness (QED) is 0.529. The van der Waals surface area contributed by atoms with Gasteiger partial charge in [-0.3, -0.25) is 9.69 Å². The summed E-state index contributed by atoms with van der Waals surface area (Å²) in [7, 11) is 0. The van der Waals surface area contributed by atoms with Crippen LogP contribution < -0.4 is 5.43 Å². The van der Waals surface area contributed by atoms with Crippen LogP contribution in [0.5, 0.6) is 0 Å². The summed E-state index contributed by atoms with van der Waals surface area (Å²) >= 11 is 0. The van der Waals surface area contributed by atoms with Gasteiger partial charge in [0.15, 0.2) is 0 Å². The molecule has 30 heavy (non-hydrogen) atoms. The van der Waals surface area contributed by atoms with Gasteiger partial charge in [-0.2, -0.15) is 5.10 Å². The van der Waals surface area contributed by atoms with E-state index in [-0.39, 0.29) is 17.8 Å². The molecule has 6 heteroatoms. The summed E-state index contributed by atoms with van der Waals surface area (Å²) in [6.45, 7) is 4.15. The highest BCUT2D eigenvalue weighted by atomic mass is 19.1. The monoisotopic (exact) mass is 404 g/mol. The van der Waals surface area contributed by atoms with Gasteiger partial charge in [-0.15, -0.1) is 0 Å². The molecule has 1 unspecified atom stereocenters. The van der Waals surface area contributed by atoms with Crippen molar-refractivity contribution in [3.8, 4) is 0 Å². The molecule has 0 fully saturated rings. The molecular weight excluding hydrogens is 379 g/mol. The molecule has 1 amide bonds. The van der Waals surface area contributed by atoms with Crippen LogP contribution in [-0.2, 0) is 17.8 Å². The second kappa shape index (κ2) is 7.69. The Morgan fingerprint density at radius 3 is 3.00 bits per heavy atom. The largest absolute Gasteiger partial charge is 0.342 e. The van der Waals surface area contributed by atoms with E-state index < -0.39 is 0 Å². The molecule has 1 N–H and O–H groups in total. The number of amides is 1. The van der Waals surface area contributed by atoms with Gasteiger partial charge in [0.05, 0.1) is 18.8 Å². The van der Waals surface area contributed by atoms with Crippen LogP contribution in [0.3, 0.4) is 0 Å². The fraction of sp³-hybridized carbons (Fsp3) is 0.333. The Hall–Kier alpha value is -2.99. The van der Waals surface area contributed by atoms with E-state index in [1.165, 1.54) is 40.0 Å². The van der Waals surface area contributed by atoms with Crippen molar-refractivity contribution in [1.82, 2.24) is 14.9 Å². The molecule has 0 bridgehead atoms. The molecule has 2 aliphatic rings. The van der Waals surface area contributed by atoms with Crippen molar-refractivity contribution in [3.05, 3.63) is 70.7 Å². The normalized spacial score (nSPS) is 18.7. The molecular formula is C24H25FN4O. The average Bonchev–Trinajstić information content (AvgIpc) is 3.06. The van der Waals surface area contributed by atoms with Gasteiger partial charge < -0.3 is 4.57 Å². The Morgan fingerprint density at radius 1 is 1.27 bits per heavy atom. The third-order valence-electron chi connectivity index (χ3n) is 6.28. The van der Waals surface area contributed by atoms with Crippen LogP contribution in [0.25, 0.3) is 10.9 Å². The topological polar surface area (TPSA) is 49.6 Å². The first-order chi connectivity index (χ1) is 14.6. The lowest BCUT2D eigenvalue weighted by Crippen LogP contribution is -2.44. The van der Waals surface area contributed by atoms with Crippen molar-refractivity contribution in [2.45, 2.75) is 38.8 Å². The Bertz CT molecular complexity index is 1150. The molecule has 1 aliphatic carbocycles. The molecule has 1 aromatic heterocycles. The second-order valence-corrected chi connectivity index (χ2v) is 8.23. The van der Waals surface area contributed by atoms with Gasteiger partial charge in [0.2, 0.25) is 0 Å². The predicted molar refractivity (Wildman–Crippen MR) is 116 cm³/mol. The summed E-state index contributed by atoms with van der Waals surface area (Å²) in [5.74, 6) is -0.528. The third kappa shape index (κ3) is 3.31. The number of hydrogen-bond acceptors (Lipinski definition) is 3. The molecule has 154 valence electrons. The highest BCUT2D eigenvalue weighted by Crippen LogP contribution is 2.42. The first kappa shape index (κ1) is 19.0. The number of nitrogens with zero attached hydrogens (tertiary/aromatic N) is 3. The molecule has 1 atom stereocenters. The lowest BCUT2D eigenvalue weighted by atomic mass is 9.89. The lowest BCUT2D eigenvalue weighted by molar-refractivity contribution is -0.123. The molecule has 1 aliphatic heterocycles. The highest BCUT2D eigenvalue weighted by Gasteiger charge is 2.35. The number of hydrogen-bond donors (Lipinski definition) is 1. The lowest BCUT2D eigenvalue weighted by Gasteiger charge is -2.39. The highest BCUT2D eigenvalue weighted by molar-refractivity contribution is 5.87. The van der Waals surface area contributed by atoms with Crippen molar-refractivity contribution >= 4 is 23.0 Å². The Labute approximate surface area is 175 Å². The fourth-order valence-electron chi connectivity index (χ4n) is 4.95. The zero-order valence-corrected chi connectivity index (χ0v) is 17.1. The van der Waals surface area contributed by atoms with Gasteiger partial charge in [-0.05, 0) is 49.9 Å². The third-order valence-corrected chi connectivity index (χ3v) is 6.28. The minimum absolute atomic E-state index is 0.171. The molecule has 0 saturated heterocycles. The van der Waals surface area contributed by atoms with Crippen molar-refractivity contribution in [3.63, 3.8) is 0 Å². The van der Waals surface area contributed by atoms with E-state index >= 15 is 0 Å². The van der Waals surface area contributed by atoms with Crippen LogP contribution >= 0.6 is 0 Å². The molecule has 5 rings (SSSR count). The van der Waals surface area contributed by atoms with Crippen molar-refractivity contribution in [1.29, 1.82) is 0 Å². The van der Waals surface area contributed by atoms with E-state index in [2.05, 4.69) is 45.1 Å². The van der Waals surface area contributed by atoms with E-state index in [0.29, 0.717) is 12.1 Å². The average molecular weight is 404 g/mol. The van der Waals surface area contributed by atoms with E-state index in [9.17, 15) is 9.18 Å². The Morgan fingerprint density at radius 2 is 2.13 bits per heavy atom. The zero-order valence-electron chi connectivity index (χ0n) is 17.1. The van der Waals surface area contributed by atoms with Crippen molar-refractivity contribution < 1.29 is 9.18 Å². The van der Waals surface area contributed by atoms with Gasteiger partial charge in [0.1, 0.15) is 5.82 Å². The van der Waals surface area contributed by atoms with Gasteiger partial charge in [0.25, 0.3) is 5.91 Å². The predicted octanol–water partition coefficient (Wildman–Crippen LogP) is 3.93. The minimum Gasteiger partial charge on any atom is -0.342 e. The van der Waals surface area contributed by atoms with E-state index in [4.69, 9.17) is 0 Å². The van der Waals surface area contributed by atoms with E-state index in [0.717, 1.165) is 32.4 Å². The fourth-order valence-corrected chi connectivity index (χ4v) is 4.95. The van der Waals surface area contributed by atoms with Crippen LogP contribution in [0.2, 0.25) is 0 Å². The number of carbonyl (C=O) groups excluding carboxylic acids is 1. The molecule has 3 aromatic rings. The van der Waals surface area contributed by atoms with Gasteiger partial charge in [-0.1, -0.05) is 29.8 Å². The molecule has 5 nitrogen and oxygen atoms in total. The smallest absolute Gasteiger partial charge is 0.254 e. The number of rotatable bonds is 4. The number of carbonyl (C=O) groups is 1. The number of hydrazone groups is 1. The first-order valence-electron chi connectivity index (χ1n) is 10.5. The van der Waals surface area contributed by atoms with Crippen LogP contribution in [0.1, 0.15) is 41.3 Å². The van der Waals surface area contributed by atoms with Crippen molar-refractivity contribution in [2.75, 3.05) is 13.1 Å². The maximum Gasteiger partial charge on any atom is 0.254 e. The maximum absolute atomic E-state index is 13.7. The number of benzene rings is 2. The SMILES string of the molecule is Cc1ccc2c(c1)c1c3n2CCN(CC(=O)N/N=C/c2ccccc2F)C3CCC1. The first-order valence-corrected chi connectivity index (χ1v) is 10.5. The van der Waals surface area contributed by atoms with Crippen LogP contribution in [0, 0.1) is 12.7 Å². The Balaban J connectivity index is 1.33. The standard InChI is InChI=1S/C24H25FN4O/c1-16-9-10-21-19(13-16)18-6-4-8-22-24(18)29(21)12-11-28(22)15-23(30)27-26-14-17-5-2-3-7-20(17)25/h2-3,5,7,9-10,13-14,22H,4,6,8,11-12,15H2,1H3,(H,27,30)/b26-14+. The summed E-state index contributed by atoms with van der Waals surface area (Å²) < 4.78 is 16.1. The second-order valence-electron chi connectivity index (χ2n) is 8.23. The number of nitrogens with one attached hydrogen (secondary N) is 1. The van der Waals surface area contributed by atoms with Crippen LogP contribution in [-0.4, -0.2) is 34.7 Å². The molecule has 0 radical (unpaired) electrons. The minimum atomic E-state index is -0.357. The summed E-state index contributed by atoms with van der Waals surface area (Å²) in [5, 5.41) is 5.31. The van der Waals surface area contributed by atoms with Crippen LogP contribution in [0.15, 0.2) is 47.6 Å². The summed E-state index contributed by atoms with van der Waals surface area (Å²) in [4.78, 5) is 14.8. The van der Waals surface area contributed by atoms with Gasteiger partial charge in [0, 0.05) is 35.2 Å². The molecule has 2 heterocycles. The zero-order chi connectivity index (χ0) is 20.7. The van der Waals surface area contributed by atoms with Gasteiger partial charge >= 0.3 is 0 Å². The molecule has 0 saturated carbocycles. The van der Waals surface area contributed by atoms with Crippen LogP contribution in [0.4, 0.5) is 4.39 Å². The van der Waals surface area contributed by atoms with Gasteiger partial charge in [-0.25, -0.2) is 9.82 Å². The number of fused-ring (bicyclic) bond motifs is 3. The van der Waals surface area contributed by atoms with E-state index in [1.807, 2.05) is 0 Å². The summed E-state index contributed by atoms with van der Waals surface area (Å²) in [6.07, 6.45) is 4.65. The number of aryl methyl sites for hydroxylation is 2. The summed E-state index contributed by atoms with van der Waals surface area (Å²) in [6, 6.07) is 13.3. The number of aromatic nitrogens is 1. The summed E-state index contributed by atoms with van der Waals surface area (Å²) in [5.41, 5.74) is 8.35. The van der Waals surface area contributed by atoms with Crippen molar-refractivity contribution in [2.24, 2.45) is 5.10 Å². The Kier molecular flexibility index (Phi) is 4.87. The molecule has 0 spiro atoms. The van der Waals surface area contributed by atoms with E-state index in [1.54, 1.807) is 18.2 Å². The maximum atomic E-state index is 13.7.